The first-order valence-corrected chi connectivity index (χ1v) is 10.9. The van der Waals surface area contributed by atoms with Gasteiger partial charge < -0.3 is 4.98 Å². The molecule has 2 aromatic carbocycles. The lowest BCUT2D eigenvalue weighted by Gasteiger charge is -2.56. The van der Waals surface area contributed by atoms with Gasteiger partial charge in [-0.1, -0.05) is 43.3 Å². The first-order chi connectivity index (χ1) is 15.3. The summed E-state index contributed by atoms with van der Waals surface area (Å²) >= 11 is 0. The van der Waals surface area contributed by atoms with Crippen molar-refractivity contribution in [3.63, 3.8) is 0 Å². The summed E-state index contributed by atoms with van der Waals surface area (Å²) in [7, 11) is 0. The van der Waals surface area contributed by atoms with Gasteiger partial charge in [-0.25, -0.2) is 0 Å². The molecule has 1 N–H and O–H groups in total. The maximum absolute atomic E-state index is 14.1. The largest absolute Gasteiger partial charge is 0.361 e. The molecule has 1 aliphatic heterocycles. The molecule has 4 aliphatic rings. The molecular formula is C26H22N2O4. The standard InChI is InChI=1S/C26H22N2O4/c1-25-12-18(29)20(19-21(25)23(31)28(22(19)30)14-8-4-3-5-9-14)26(2,24(25)32)16-13-27-17-11-7-6-10-15(16)17/h3-11,13,19-21,27H,12H2,1-2H3. The predicted molar refractivity (Wildman–Crippen MR) is 118 cm³/mol. The van der Waals surface area contributed by atoms with Crippen LogP contribution >= 0.6 is 0 Å². The fourth-order valence-corrected chi connectivity index (χ4v) is 6.74. The molecule has 6 nitrogen and oxygen atoms in total. The van der Waals surface area contributed by atoms with Crippen molar-refractivity contribution in [2.45, 2.75) is 25.7 Å². The topological polar surface area (TPSA) is 87.3 Å². The Morgan fingerprint density at radius 2 is 1.56 bits per heavy atom. The van der Waals surface area contributed by atoms with Crippen LogP contribution in [-0.2, 0) is 24.6 Å². The van der Waals surface area contributed by atoms with E-state index in [4.69, 9.17) is 0 Å². The van der Waals surface area contributed by atoms with E-state index in [0.29, 0.717) is 5.69 Å². The van der Waals surface area contributed by atoms with Crippen LogP contribution in [0.5, 0.6) is 0 Å². The normalized spacial score (nSPS) is 33.9. The molecule has 2 heterocycles. The van der Waals surface area contributed by atoms with E-state index < -0.39 is 28.6 Å². The van der Waals surface area contributed by atoms with Crippen molar-refractivity contribution in [3.05, 3.63) is 66.4 Å². The molecule has 3 saturated carbocycles. The minimum absolute atomic E-state index is 0.00272. The quantitative estimate of drug-likeness (QED) is 0.636. The van der Waals surface area contributed by atoms with E-state index in [9.17, 15) is 19.2 Å². The van der Waals surface area contributed by atoms with Crippen molar-refractivity contribution >= 4 is 40.0 Å². The third-order valence-electron chi connectivity index (χ3n) is 8.06. The van der Waals surface area contributed by atoms with Crippen molar-refractivity contribution in [2.75, 3.05) is 4.90 Å². The minimum Gasteiger partial charge on any atom is -0.361 e. The van der Waals surface area contributed by atoms with E-state index in [1.165, 1.54) is 4.90 Å². The molecule has 6 heteroatoms. The van der Waals surface area contributed by atoms with E-state index in [1.807, 2.05) is 30.3 Å². The summed E-state index contributed by atoms with van der Waals surface area (Å²) in [5.74, 6) is -3.52. The van der Waals surface area contributed by atoms with E-state index >= 15 is 0 Å². The lowest BCUT2D eigenvalue weighted by molar-refractivity contribution is -0.171. The summed E-state index contributed by atoms with van der Waals surface area (Å²) in [6.07, 6.45) is 1.78. The first kappa shape index (κ1) is 19.2. The fraction of sp³-hybridized carbons (Fsp3) is 0.308. The van der Waals surface area contributed by atoms with E-state index in [0.717, 1.165) is 16.5 Å². The van der Waals surface area contributed by atoms with Gasteiger partial charge in [0.1, 0.15) is 5.78 Å². The number of aromatic amines is 1. The maximum atomic E-state index is 14.1. The van der Waals surface area contributed by atoms with Crippen molar-refractivity contribution in [1.29, 1.82) is 0 Å². The second-order valence-electron chi connectivity index (χ2n) is 9.67. The molecule has 0 spiro atoms. The molecule has 160 valence electrons. The Kier molecular flexibility index (Phi) is 3.61. The monoisotopic (exact) mass is 426 g/mol. The zero-order valence-corrected chi connectivity index (χ0v) is 17.8. The molecule has 32 heavy (non-hydrogen) atoms. The van der Waals surface area contributed by atoms with Crippen LogP contribution in [0.25, 0.3) is 10.9 Å². The molecule has 5 atom stereocenters. The molecule has 7 rings (SSSR count). The highest BCUT2D eigenvalue weighted by Crippen LogP contribution is 2.63. The first-order valence-electron chi connectivity index (χ1n) is 10.9. The van der Waals surface area contributed by atoms with Gasteiger partial charge in [0, 0.05) is 34.9 Å². The molecule has 1 saturated heterocycles. The van der Waals surface area contributed by atoms with Crippen LogP contribution in [-0.4, -0.2) is 28.4 Å². The van der Waals surface area contributed by atoms with Crippen LogP contribution < -0.4 is 4.90 Å². The average molecular weight is 426 g/mol. The van der Waals surface area contributed by atoms with E-state index in [1.54, 1.807) is 44.3 Å². The summed E-state index contributed by atoms with van der Waals surface area (Å²) in [5.41, 5.74) is -0.340. The Morgan fingerprint density at radius 3 is 2.31 bits per heavy atom. The zero-order valence-electron chi connectivity index (χ0n) is 17.8. The second-order valence-corrected chi connectivity index (χ2v) is 9.67. The van der Waals surface area contributed by atoms with Crippen LogP contribution in [0, 0.1) is 23.2 Å². The highest BCUT2D eigenvalue weighted by molar-refractivity contribution is 6.27. The highest BCUT2D eigenvalue weighted by atomic mass is 16.2. The van der Waals surface area contributed by atoms with Gasteiger partial charge in [-0.3, -0.25) is 24.1 Å². The number of nitrogens with one attached hydrogen (secondary N) is 1. The number of aromatic nitrogens is 1. The molecule has 4 fully saturated rings. The maximum Gasteiger partial charge on any atom is 0.238 e. The molecule has 1 aromatic heterocycles. The van der Waals surface area contributed by atoms with Gasteiger partial charge in [-0.15, -0.1) is 0 Å². The Labute approximate surface area is 184 Å². The summed E-state index contributed by atoms with van der Waals surface area (Å²) in [6.45, 7) is 3.48. The number of carbonyl (C=O) groups is 4. The molecule has 2 amide bonds. The number of ketones is 2. The highest BCUT2D eigenvalue weighted by Gasteiger charge is 2.75. The second kappa shape index (κ2) is 6.03. The molecule has 2 bridgehead atoms. The Bertz CT molecular complexity index is 1340. The summed E-state index contributed by atoms with van der Waals surface area (Å²) in [5, 5.41) is 0.862. The Morgan fingerprint density at radius 1 is 0.875 bits per heavy atom. The number of rotatable bonds is 2. The number of nitrogens with zero attached hydrogens (tertiary/aromatic N) is 1. The summed E-state index contributed by atoms with van der Waals surface area (Å²) in [4.78, 5) is 59.2. The number of hydrogen-bond acceptors (Lipinski definition) is 4. The van der Waals surface area contributed by atoms with E-state index in [2.05, 4.69) is 4.98 Å². The summed E-state index contributed by atoms with van der Waals surface area (Å²) in [6, 6.07) is 16.4. The predicted octanol–water partition coefficient (Wildman–Crippen LogP) is 3.41. The lowest BCUT2D eigenvalue weighted by atomic mass is 9.41. The third kappa shape index (κ3) is 2.05. The van der Waals surface area contributed by atoms with Gasteiger partial charge >= 0.3 is 0 Å². The van der Waals surface area contributed by atoms with Gasteiger partial charge in [0.15, 0.2) is 5.78 Å². The van der Waals surface area contributed by atoms with Gasteiger partial charge in [0.05, 0.1) is 22.9 Å². The lowest BCUT2D eigenvalue weighted by Crippen LogP contribution is -2.68. The number of para-hydroxylation sites is 2. The average Bonchev–Trinajstić information content (AvgIpc) is 3.33. The number of carbonyl (C=O) groups excluding carboxylic acids is 4. The molecule has 3 aromatic rings. The van der Waals surface area contributed by atoms with Crippen molar-refractivity contribution in [1.82, 2.24) is 4.98 Å². The van der Waals surface area contributed by atoms with Crippen LogP contribution in [0.2, 0.25) is 0 Å². The van der Waals surface area contributed by atoms with Gasteiger partial charge in [-0.05, 0) is 30.7 Å². The van der Waals surface area contributed by atoms with Gasteiger partial charge in [-0.2, -0.15) is 0 Å². The number of anilines is 1. The number of amides is 2. The number of fused-ring (bicyclic) bond motifs is 3. The molecule has 0 radical (unpaired) electrons. The number of imide groups is 1. The Balaban J connectivity index is 1.57. The van der Waals surface area contributed by atoms with Crippen molar-refractivity contribution in [2.24, 2.45) is 23.2 Å². The zero-order chi connectivity index (χ0) is 22.4. The SMILES string of the molecule is CC12CC(=O)C(C3C(=O)N(c4ccccc4)C(=O)C31)C(C)(c1c[nH]c3ccccc13)C2=O. The van der Waals surface area contributed by atoms with Crippen LogP contribution in [0.4, 0.5) is 5.69 Å². The van der Waals surface area contributed by atoms with Crippen LogP contribution in [0.1, 0.15) is 25.8 Å². The smallest absolute Gasteiger partial charge is 0.238 e. The number of hydrogen-bond donors (Lipinski definition) is 1. The van der Waals surface area contributed by atoms with Crippen LogP contribution in [0.3, 0.4) is 0 Å². The minimum atomic E-state index is -1.22. The number of H-pyrrole nitrogens is 1. The molecule has 3 aliphatic carbocycles. The van der Waals surface area contributed by atoms with Crippen molar-refractivity contribution < 1.29 is 19.2 Å². The van der Waals surface area contributed by atoms with Gasteiger partial charge in [0.2, 0.25) is 11.8 Å². The Hall–Kier alpha value is -3.54. The third-order valence-corrected chi connectivity index (χ3v) is 8.06. The molecular weight excluding hydrogens is 404 g/mol. The fourth-order valence-electron chi connectivity index (χ4n) is 6.74. The summed E-state index contributed by atoms with van der Waals surface area (Å²) < 4.78 is 0. The van der Waals surface area contributed by atoms with E-state index in [-0.39, 0.29) is 29.8 Å². The van der Waals surface area contributed by atoms with Gasteiger partial charge in [0.25, 0.3) is 0 Å². The number of benzene rings is 2. The molecule has 5 unspecified atom stereocenters. The van der Waals surface area contributed by atoms with Crippen LogP contribution in [0.15, 0.2) is 60.8 Å². The number of Topliss-reactive ketones (excluding diaryl/α,β-unsaturated/α-hetero) is 2. The van der Waals surface area contributed by atoms with Crippen molar-refractivity contribution in [3.8, 4) is 0 Å².